The molecule has 0 saturated heterocycles. The van der Waals surface area contributed by atoms with Crippen molar-refractivity contribution in [1.29, 1.82) is 0 Å². The summed E-state index contributed by atoms with van der Waals surface area (Å²) >= 11 is 0. The van der Waals surface area contributed by atoms with Crippen molar-refractivity contribution in [2.45, 2.75) is 18.9 Å². The predicted octanol–water partition coefficient (Wildman–Crippen LogP) is 2.20. The summed E-state index contributed by atoms with van der Waals surface area (Å²) < 4.78 is 5.40. The Morgan fingerprint density at radius 1 is 1.13 bits per heavy atom. The lowest BCUT2D eigenvalue weighted by atomic mass is 9.94. The number of methoxy groups -OCH3 is 1. The Labute approximate surface area is 179 Å². The van der Waals surface area contributed by atoms with Crippen LogP contribution in [0.5, 0.6) is 5.75 Å². The van der Waals surface area contributed by atoms with Gasteiger partial charge in [0.2, 0.25) is 0 Å². The maximum Gasteiger partial charge on any atom is 0.290 e. The third-order valence-corrected chi connectivity index (χ3v) is 5.01. The first-order valence-corrected chi connectivity index (χ1v) is 9.78. The Kier molecular flexibility index (Phi) is 6.87. The number of aliphatic carboxylic acids is 1. The zero-order valence-corrected chi connectivity index (χ0v) is 17.0. The van der Waals surface area contributed by atoms with E-state index in [1.54, 1.807) is 30.3 Å². The molecule has 1 aliphatic heterocycles. The monoisotopic (exact) mass is 420 g/mol. The number of ether oxygens (including phenoxy) is 1. The third-order valence-electron chi connectivity index (χ3n) is 5.01. The van der Waals surface area contributed by atoms with Gasteiger partial charge >= 0.3 is 0 Å². The summed E-state index contributed by atoms with van der Waals surface area (Å²) in [5.74, 6) is -2.69. The molecule has 3 rings (SSSR count). The molecule has 1 atom stereocenters. The van der Waals surface area contributed by atoms with Crippen LogP contribution in [-0.2, 0) is 14.4 Å². The molecule has 1 amide bonds. The molecule has 1 heterocycles. The second kappa shape index (κ2) is 9.75. The molecule has 0 spiro atoms. The Hall–Kier alpha value is -3.87. The molecule has 1 N–H and O–H groups in total. The van der Waals surface area contributed by atoms with Crippen molar-refractivity contribution >= 4 is 23.7 Å². The zero-order chi connectivity index (χ0) is 22.4. The van der Waals surface area contributed by atoms with Gasteiger partial charge in [0.25, 0.3) is 5.91 Å². The van der Waals surface area contributed by atoms with Crippen LogP contribution in [0.2, 0.25) is 0 Å². The summed E-state index contributed by atoms with van der Waals surface area (Å²) in [6, 6.07) is 15.1. The van der Waals surface area contributed by atoms with Crippen LogP contribution in [0.4, 0.5) is 0 Å². The lowest BCUT2D eigenvalue weighted by molar-refractivity contribution is -0.305. The summed E-state index contributed by atoms with van der Waals surface area (Å²) in [5, 5.41) is 21.4. The number of para-hydroxylation sites is 1. The fourth-order valence-corrected chi connectivity index (χ4v) is 3.57. The van der Waals surface area contributed by atoms with E-state index in [-0.39, 0.29) is 25.0 Å². The van der Waals surface area contributed by atoms with E-state index in [4.69, 9.17) is 4.74 Å². The summed E-state index contributed by atoms with van der Waals surface area (Å²) in [6.45, 7) is 0.0266. The van der Waals surface area contributed by atoms with Gasteiger partial charge in [-0.2, -0.15) is 0 Å². The Balaban J connectivity index is 1.99. The van der Waals surface area contributed by atoms with Crippen molar-refractivity contribution in [3.63, 3.8) is 0 Å². The van der Waals surface area contributed by atoms with E-state index in [9.17, 15) is 24.6 Å². The number of carbonyl (C=O) groups excluding carboxylic acids is 3. The molecule has 7 nitrogen and oxygen atoms in total. The lowest BCUT2D eigenvalue weighted by Crippen LogP contribution is -2.33. The number of allylic oxidation sites excluding steroid dienone is 1. The minimum Gasteiger partial charge on any atom is -0.550 e. The summed E-state index contributed by atoms with van der Waals surface area (Å²) in [7, 11) is 1.47. The number of hydrogen-bond donors (Lipinski definition) is 1. The number of carboxylic acid groups (broad SMARTS) is 1. The summed E-state index contributed by atoms with van der Waals surface area (Å²) in [4.78, 5) is 37.9. The van der Waals surface area contributed by atoms with Crippen LogP contribution in [0.25, 0.3) is 6.08 Å². The first-order chi connectivity index (χ1) is 14.9. The molecule has 1 aliphatic rings. The summed E-state index contributed by atoms with van der Waals surface area (Å²) in [5.41, 5.74) is 1.24. The van der Waals surface area contributed by atoms with Crippen molar-refractivity contribution < 1.29 is 29.3 Å². The standard InChI is InChI=1S/C24H23NO6/c1-31-19-11-6-5-10-17(19)22-21(18(26)14-13-16-8-3-2-4-9-16)23(29)24(30)25(22)15-7-12-20(27)28/h2-6,8-11,13-14,22,29H,7,12,15H2,1H3,(H,27,28)/p-1/b14-13+/t22-/m0/s1. The van der Waals surface area contributed by atoms with Gasteiger partial charge in [0.05, 0.1) is 18.7 Å². The van der Waals surface area contributed by atoms with E-state index in [0.717, 1.165) is 5.56 Å². The van der Waals surface area contributed by atoms with Gasteiger partial charge in [-0.25, -0.2) is 0 Å². The molecule has 0 saturated carbocycles. The van der Waals surface area contributed by atoms with Gasteiger partial charge in [-0.15, -0.1) is 0 Å². The number of carbonyl (C=O) groups is 3. The average molecular weight is 420 g/mol. The minimum atomic E-state index is -1.24. The van der Waals surface area contributed by atoms with Crippen molar-refractivity contribution in [3.05, 3.63) is 83.1 Å². The highest BCUT2D eigenvalue weighted by Crippen LogP contribution is 2.41. The van der Waals surface area contributed by atoms with E-state index in [1.807, 2.05) is 30.3 Å². The number of hydrogen-bond acceptors (Lipinski definition) is 6. The molecule has 0 aromatic heterocycles. The van der Waals surface area contributed by atoms with E-state index in [0.29, 0.717) is 11.3 Å². The maximum atomic E-state index is 13.1. The molecule has 0 aliphatic carbocycles. The van der Waals surface area contributed by atoms with Gasteiger partial charge in [0.1, 0.15) is 5.75 Å². The first kappa shape index (κ1) is 21.8. The predicted molar refractivity (Wildman–Crippen MR) is 112 cm³/mol. The molecular formula is C24H22NO6-. The smallest absolute Gasteiger partial charge is 0.290 e. The minimum absolute atomic E-state index is 0.0266. The number of nitrogens with zero attached hydrogens (tertiary/aromatic N) is 1. The fraction of sp³-hybridized carbons (Fsp3) is 0.208. The van der Waals surface area contributed by atoms with Gasteiger partial charge < -0.3 is 24.6 Å². The van der Waals surface area contributed by atoms with Crippen LogP contribution in [-0.4, -0.2) is 41.3 Å². The molecule has 0 unspecified atom stereocenters. The van der Waals surface area contributed by atoms with Crippen molar-refractivity contribution in [2.75, 3.05) is 13.7 Å². The van der Waals surface area contributed by atoms with Gasteiger partial charge in [0, 0.05) is 18.1 Å². The highest BCUT2D eigenvalue weighted by molar-refractivity contribution is 6.14. The molecule has 160 valence electrons. The van der Waals surface area contributed by atoms with Crippen LogP contribution in [0.1, 0.15) is 30.0 Å². The molecule has 7 heteroatoms. The fourth-order valence-electron chi connectivity index (χ4n) is 3.57. The second-order valence-electron chi connectivity index (χ2n) is 6.99. The van der Waals surface area contributed by atoms with Crippen LogP contribution in [0, 0.1) is 0 Å². The molecule has 31 heavy (non-hydrogen) atoms. The van der Waals surface area contributed by atoms with Gasteiger partial charge in [0.15, 0.2) is 11.5 Å². The third kappa shape index (κ3) is 4.83. The largest absolute Gasteiger partial charge is 0.550 e. The highest BCUT2D eigenvalue weighted by atomic mass is 16.5. The van der Waals surface area contributed by atoms with Crippen molar-refractivity contribution in [2.24, 2.45) is 0 Å². The number of ketones is 1. The maximum absolute atomic E-state index is 13.1. The second-order valence-corrected chi connectivity index (χ2v) is 6.99. The van der Waals surface area contributed by atoms with Crippen molar-refractivity contribution in [1.82, 2.24) is 4.90 Å². The van der Waals surface area contributed by atoms with Crippen LogP contribution >= 0.6 is 0 Å². The van der Waals surface area contributed by atoms with Gasteiger partial charge in [-0.1, -0.05) is 54.6 Å². The number of carboxylic acids is 1. The van der Waals surface area contributed by atoms with E-state index >= 15 is 0 Å². The van der Waals surface area contributed by atoms with Gasteiger partial charge in [-0.3, -0.25) is 9.59 Å². The van der Waals surface area contributed by atoms with Crippen molar-refractivity contribution in [3.8, 4) is 5.75 Å². The number of aliphatic hydroxyl groups is 1. The molecule has 0 bridgehead atoms. The van der Waals surface area contributed by atoms with Crippen LogP contribution in [0.15, 0.2) is 72.0 Å². The van der Waals surface area contributed by atoms with E-state index in [2.05, 4.69) is 0 Å². The molecular weight excluding hydrogens is 398 g/mol. The lowest BCUT2D eigenvalue weighted by Gasteiger charge is -2.27. The highest BCUT2D eigenvalue weighted by Gasteiger charge is 2.43. The quantitative estimate of drug-likeness (QED) is 0.624. The molecule has 2 aromatic carbocycles. The number of aliphatic hydroxyl groups excluding tert-OH is 1. The van der Waals surface area contributed by atoms with Crippen LogP contribution < -0.4 is 9.84 Å². The Morgan fingerprint density at radius 3 is 2.48 bits per heavy atom. The van der Waals surface area contributed by atoms with E-state index in [1.165, 1.54) is 18.1 Å². The number of amides is 1. The molecule has 0 radical (unpaired) electrons. The molecule has 2 aromatic rings. The Morgan fingerprint density at radius 2 is 1.81 bits per heavy atom. The topological polar surface area (TPSA) is 107 Å². The Bertz CT molecular complexity index is 1040. The molecule has 0 fully saturated rings. The SMILES string of the molecule is COc1ccccc1[C@H]1C(C(=O)/C=C/c2ccccc2)=C(O)C(=O)N1CCCC(=O)[O-]. The number of benzene rings is 2. The van der Waals surface area contributed by atoms with E-state index < -0.39 is 29.5 Å². The first-order valence-electron chi connectivity index (χ1n) is 9.78. The normalized spacial score (nSPS) is 16.2. The van der Waals surface area contributed by atoms with Crippen LogP contribution in [0.3, 0.4) is 0 Å². The average Bonchev–Trinajstić information content (AvgIpc) is 3.03. The summed E-state index contributed by atoms with van der Waals surface area (Å²) in [6.07, 6.45) is 2.78. The van der Waals surface area contributed by atoms with Gasteiger partial charge in [-0.05, 0) is 30.5 Å². The zero-order valence-electron chi connectivity index (χ0n) is 17.0. The number of rotatable bonds is 9.